The Morgan fingerprint density at radius 1 is 1.57 bits per heavy atom. The van der Waals surface area contributed by atoms with Gasteiger partial charge in [0, 0.05) is 30.9 Å². The Morgan fingerprint density at radius 3 is 2.96 bits per heavy atom. The average Bonchev–Trinajstić information content (AvgIpc) is 2.83. The molecular formula is C15H28Cl2N4OS. The Hall–Kier alpha value is -0.400. The van der Waals surface area contributed by atoms with E-state index in [2.05, 4.69) is 22.1 Å². The molecule has 0 aliphatic carbocycles. The van der Waals surface area contributed by atoms with Crippen LogP contribution >= 0.6 is 36.2 Å². The van der Waals surface area contributed by atoms with Crippen LogP contribution in [0.15, 0.2) is 5.38 Å². The van der Waals surface area contributed by atoms with Gasteiger partial charge in [-0.05, 0) is 38.6 Å². The Morgan fingerprint density at radius 2 is 2.30 bits per heavy atom. The Labute approximate surface area is 155 Å². The third-order valence-corrected chi connectivity index (χ3v) is 4.56. The lowest BCUT2D eigenvalue weighted by atomic mass is 10.0. The number of carbonyl (C=O) groups is 1. The predicted molar refractivity (Wildman–Crippen MR) is 102 cm³/mol. The van der Waals surface area contributed by atoms with E-state index in [1.165, 1.54) is 24.2 Å². The fraction of sp³-hybridized carbons (Fsp3) is 0.733. The highest BCUT2D eigenvalue weighted by atomic mass is 35.5. The summed E-state index contributed by atoms with van der Waals surface area (Å²) in [4.78, 5) is 18.7. The molecule has 0 bridgehead atoms. The van der Waals surface area contributed by atoms with Crippen molar-refractivity contribution in [1.29, 1.82) is 0 Å². The highest BCUT2D eigenvalue weighted by Gasteiger charge is 2.17. The summed E-state index contributed by atoms with van der Waals surface area (Å²) in [5.41, 5.74) is 6.71. The van der Waals surface area contributed by atoms with Gasteiger partial charge in [-0.2, -0.15) is 0 Å². The molecule has 5 nitrogen and oxygen atoms in total. The maximum absolute atomic E-state index is 11.7. The SMILES string of the molecule is CC(N)CCC(=O)Nc1nc(CN2CCCC(C)C2)cs1.Cl.Cl. The van der Waals surface area contributed by atoms with Gasteiger partial charge in [-0.25, -0.2) is 4.98 Å². The predicted octanol–water partition coefficient (Wildman–Crippen LogP) is 3.28. The normalized spacial score (nSPS) is 19.3. The third kappa shape index (κ3) is 8.31. The van der Waals surface area contributed by atoms with E-state index in [1.807, 2.05) is 12.3 Å². The van der Waals surface area contributed by atoms with Crippen molar-refractivity contribution in [1.82, 2.24) is 9.88 Å². The molecule has 0 spiro atoms. The molecule has 0 saturated carbocycles. The van der Waals surface area contributed by atoms with Gasteiger partial charge in [-0.15, -0.1) is 36.2 Å². The molecule has 1 amide bonds. The smallest absolute Gasteiger partial charge is 0.226 e. The number of rotatable bonds is 6. The van der Waals surface area contributed by atoms with Gasteiger partial charge in [0.15, 0.2) is 5.13 Å². The number of nitrogens with one attached hydrogen (secondary N) is 1. The van der Waals surface area contributed by atoms with Crippen molar-refractivity contribution >= 4 is 47.2 Å². The van der Waals surface area contributed by atoms with E-state index in [0.29, 0.717) is 18.0 Å². The number of aromatic nitrogens is 1. The van der Waals surface area contributed by atoms with Crippen LogP contribution in [0.4, 0.5) is 5.13 Å². The van der Waals surface area contributed by atoms with Crippen LogP contribution in [0, 0.1) is 5.92 Å². The molecule has 8 heteroatoms. The zero-order valence-corrected chi connectivity index (χ0v) is 16.2. The van der Waals surface area contributed by atoms with Gasteiger partial charge in [0.2, 0.25) is 5.91 Å². The summed E-state index contributed by atoms with van der Waals surface area (Å²) in [6.45, 7) is 7.40. The summed E-state index contributed by atoms with van der Waals surface area (Å²) in [6, 6.07) is 0.0590. The number of nitrogens with two attached hydrogens (primary N) is 1. The van der Waals surface area contributed by atoms with Crippen LogP contribution in [0.3, 0.4) is 0 Å². The van der Waals surface area contributed by atoms with Gasteiger partial charge in [-0.3, -0.25) is 9.69 Å². The molecule has 1 saturated heterocycles. The van der Waals surface area contributed by atoms with Crippen LogP contribution in [0.25, 0.3) is 0 Å². The van der Waals surface area contributed by atoms with Gasteiger partial charge in [0.1, 0.15) is 0 Å². The first-order valence-corrected chi connectivity index (χ1v) is 8.63. The van der Waals surface area contributed by atoms with Crippen molar-refractivity contribution in [3.8, 4) is 0 Å². The number of halogens is 2. The van der Waals surface area contributed by atoms with Gasteiger partial charge in [0.05, 0.1) is 5.69 Å². The summed E-state index contributed by atoms with van der Waals surface area (Å²) in [5, 5.41) is 5.60. The summed E-state index contributed by atoms with van der Waals surface area (Å²) < 4.78 is 0. The zero-order valence-electron chi connectivity index (χ0n) is 13.8. The van der Waals surface area contributed by atoms with Crippen LogP contribution in [0.1, 0.15) is 45.2 Å². The molecule has 3 N–H and O–H groups in total. The molecule has 1 fully saturated rings. The quantitative estimate of drug-likeness (QED) is 0.791. The Balaban J connectivity index is 0.00000242. The number of piperidine rings is 1. The lowest BCUT2D eigenvalue weighted by Gasteiger charge is -2.30. The summed E-state index contributed by atoms with van der Waals surface area (Å²) >= 11 is 1.50. The van der Waals surface area contributed by atoms with E-state index in [-0.39, 0.29) is 36.8 Å². The fourth-order valence-electron chi connectivity index (χ4n) is 2.64. The van der Waals surface area contributed by atoms with Crippen LogP contribution in [0.2, 0.25) is 0 Å². The van der Waals surface area contributed by atoms with Crippen molar-refractivity contribution in [3.63, 3.8) is 0 Å². The number of likely N-dealkylation sites (tertiary alicyclic amines) is 1. The van der Waals surface area contributed by atoms with Crippen LogP contribution in [-0.2, 0) is 11.3 Å². The van der Waals surface area contributed by atoms with Gasteiger partial charge < -0.3 is 11.1 Å². The second-order valence-electron chi connectivity index (χ2n) is 6.19. The number of thiazole rings is 1. The van der Waals surface area contributed by atoms with E-state index in [0.717, 1.165) is 31.2 Å². The van der Waals surface area contributed by atoms with Crippen molar-refractivity contribution in [3.05, 3.63) is 11.1 Å². The van der Waals surface area contributed by atoms with E-state index in [4.69, 9.17) is 5.73 Å². The molecule has 2 rings (SSSR count). The molecule has 0 aromatic carbocycles. The molecule has 1 aliphatic rings. The maximum Gasteiger partial charge on any atom is 0.226 e. The van der Waals surface area contributed by atoms with E-state index in [9.17, 15) is 4.79 Å². The minimum Gasteiger partial charge on any atom is -0.328 e. The standard InChI is InChI=1S/C15H26N4OS.2ClH/c1-11-4-3-7-19(8-11)9-13-10-21-15(17-13)18-14(20)6-5-12(2)16;;/h10-12H,3-9,16H2,1-2H3,(H,17,18,20);2*1H. The Kier molecular flexibility index (Phi) is 11.0. The molecule has 1 aliphatic heterocycles. The van der Waals surface area contributed by atoms with Crippen molar-refractivity contribution in [2.75, 3.05) is 18.4 Å². The van der Waals surface area contributed by atoms with Gasteiger partial charge >= 0.3 is 0 Å². The first kappa shape index (κ1) is 22.6. The third-order valence-electron chi connectivity index (χ3n) is 3.75. The topological polar surface area (TPSA) is 71.2 Å². The van der Waals surface area contributed by atoms with E-state index >= 15 is 0 Å². The van der Waals surface area contributed by atoms with Gasteiger partial charge in [0.25, 0.3) is 0 Å². The highest BCUT2D eigenvalue weighted by Crippen LogP contribution is 2.21. The zero-order chi connectivity index (χ0) is 15.2. The van der Waals surface area contributed by atoms with E-state index < -0.39 is 0 Å². The number of nitrogens with zero attached hydrogens (tertiary/aromatic N) is 2. The monoisotopic (exact) mass is 382 g/mol. The number of hydrogen-bond acceptors (Lipinski definition) is 5. The molecule has 1 aromatic rings. The van der Waals surface area contributed by atoms with Crippen LogP contribution in [0.5, 0.6) is 0 Å². The first-order chi connectivity index (χ1) is 10.0. The molecule has 2 heterocycles. The molecule has 2 atom stereocenters. The second kappa shape index (κ2) is 11.2. The lowest BCUT2D eigenvalue weighted by molar-refractivity contribution is -0.116. The second-order valence-corrected chi connectivity index (χ2v) is 7.05. The highest BCUT2D eigenvalue weighted by molar-refractivity contribution is 7.13. The molecule has 0 radical (unpaired) electrons. The van der Waals surface area contributed by atoms with Crippen LogP contribution < -0.4 is 11.1 Å². The van der Waals surface area contributed by atoms with Crippen molar-refractivity contribution in [2.24, 2.45) is 11.7 Å². The maximum atomic E-state index is 11.7. The minimum atomic E-state index is -0.000190. The van der Waals surface area contributed by atoms with Crippen molar-refractivity contribution < 1.29 is 4.79 Å². The Bertz CT molecular complexity index is 470. The largest absolute Gasteiger partial charge is 0.328 e. The molecule has 1 aromatic heterocycles. The molecule has 2 unspecified atom stereocenters. The molecule has 23 heavy (non-hydrogen) atoms. The summed E-state index contributed by atoms with van der Waals surface area (Å²) in [5.74, 6) is 0.773. The van der Waals surface area contributed by atoms with Gasteiger partial charge in [-0.1, -0.05) is 6.92 Å². The number of amides is 1. The first-order valence-electron chi connectivity index (χ1n) is 7.75. The molecular weight excluding hydrogens is 355 g/mol. The average molecular weight is 383 g/mol. The number of anilines is 1. The summed E-state index contributed by atoms with van der Waals surface area (Å²) in [6.07, 6.45) is 3.76. The number of carbonyl (C=O) groups excluding carboxylic acids is 1. The lowest BCUT2D eigenvalue weighted by Crippen LogP contribution is -2.33. The minimum absolute atomic E-state index is 0. The van der Waals surface area contributed by atoms with E-state index in [1.54, 1.807) is 0 Å². The molecule has 134 valence electrons. The number of hydrogen-bond donors (Lipinski definition) is 2. The fourth-order valence-corrected chi connectivity index (χ4v) is 3.35. The van der Waals surface area contributed by atoms with Crippen LogP contribution in [-0.4, -0.2) is 34.9 Å². The summed E-state index contributed by atoms with van der Waals surface area (Å²) in [7, 11) is 0. The van der Waals surface area contributed by atoms with Crippen molar-refractivity contribution in [2.45, 2.75) is 52.1 Å².